The molecule has 3 rings (SSSR count). The maximum atomic E-state index is 12.6. The second kappa shape index (κ2) is 9.71. The second-order valence-electron chi connectivity index (χ2n) is 6.97. The van der Waals surface area contributed by atoms with Crippen molar-refractivity contribution in [2.45, 2.75) is 4.21 Å². The van der Waals surface area contributed by atoms with E-state index in [0.29, 0.717) is 50.3 Å². The quantitative estimate of drug-likeness (QED) is 0.589. The van der Waals surface area contributed by atoms with Gasteiger partial charge in [-0.25, -0.2) is 8.42 Å². The molecule has 12 heteroatoms. The second-order valence-corrected chi connectivity index (χ2v) is 11.0. The topological polar surface area (TPSA) is 90.5 Å². The van der Waals surface area contributed by atoms with Gasteiger partial charge in [0.2, 0.25) is 11.8 Å². The van der Waals surface area contributed by atoms with Crippen LogP contribution in [0, 0.1) is 0 Å². The fourth-order valence-electron chi connectivity index (χ4n) is 3.22. The van der Waals surface area contributed by atoms with Gasteiger partial charge in [-0.3, -0.25) is 14.5 Å². The number of rotatable bonds is 6. The van der Waals surface area contributed by atoms with Gasteiger partial charge in [0.1, 0.15) is 4.21 Å². The van der Waals surface area contributed by atoms with Crippen LogP contribution < -0.4 is 0 Å². The SMILES string of the molecule is CN(CC(=O)N1CCN(C(=O)CN2CCOCC2)CC1)S(=O)(=O)c1ccc(Cl)s1. The van der Waals surface area contributed by atoms with Crippen molar-refractivity contribution in [3.8, 4) is 0 Å². The van der Waals surface area contributed by atoms with Crippen LogP contribution in [0.15, 0.2) is 16.3 Å². The zero-order valence-electron chi connectivity index (χ0n) is 16.3. The summed E-state index contributed by atoms with van der Waals surface area (Å²) in [7, 11) is -2.37. The maximum absolute atomic E-state index is 12.6. The minimum Gasteiger partial charge on any atom is -0.379 e. The van der Waals surface area contributed by atoms with Gasteiger partial charge in [0.15, 0.2) is 0 Å². The summed E-state index contributed by atoms with van der Waals surface area (Å²) in [5, 5.41) is 0. The first-order valence-electron chi connectivity index (χ1n) is 9.34. The Morgan fingerprint density at radius 2 is 1.66 bits per heavy atom. The van der Waals surface area contributed by atoms with Gasteiger partial charge in [0.05, 0.1) is 30.6 Å². The van der Waals surface area contributed by atoms with E-state index < -0.39 is 10.0 Å². The molecule has 0 atom stereocenters. The third-order valence-corrected chi connectivity index (χ3v) is 8.52. The third kappa shape index (κ3) is 5.68. The van der Waals surface area contributed by atoms with E-state index in [1.807, 2.05) is 0 Å². The van der Waals surface area contributed by atoms with Gasteiger partial charge in [-0.1, -0.05) is 11.6 Å². The van der Waals surface area contributed by atoms with Crippen LogP contribution in [0.3, 0.4) is 0 Å². The zero-order valence-corrected chi connectivity index (χ0v) is 18.6. The summed E-state index contributed by atoms with van der Waals surface area (Å²) in [5.74, 6) is -0.229. The van der Waals surface area contributed by atoms with E-state index in [1.165, 1.54) is 19.2 Å². The average Bonchev–Trinajstić information content (AvgIpc) is 3.16. The normalized spacial score (nSPS) is 19.0. The van der Waals surface area contributed by atoms with Gasteiger partial charge in [-0.05, 0) is 12.1 Å². The number of morpholine rings is 1. The fraction of sp³-hybridized carbons (Fsp3) is 0.647. The van der Waals surface area contributed by atoms with Crippen molar-refractivity contribution in [3.05, 3.63) is 16.5 Å². The lowest BCUT2D eigenvalue weighted by Crippen LogP contribution is -2.54. The molecule has 2 saturated heterocycles. The molecule has 1 aromatic rings. The molecule has 162 valence electrons. The largest absolute Gasteiger partial charge is 0.379 e. The van der Waals surface area contributed by atoms with Crippen molar-refractivity contribution in [1.29, 1.82) is 0 Å². The molecule has 0 N–H and O–H groups in total. The highest BCUT2D eigenvalue weighted by Gasteiger charge is 2.29. The monoisotopic (exact) mass is 464 g/mol. The van der Waals surface area contributed by atoms with E-state index in [-0.39, 0.29) is 22.6 Å². The van der Waals surface area contributed by atoms with Crippen molar-refractivity contribution in [3.63, 3.8) is 0 Å². The molecule has 0 bridgehead atoms. The van der Waals surface area contributed by atoms with Crippen molar-refractivity contribution in [2.24, 2.45) is 0 Å². The number of amides is 2. The van der Waals surface area contributed by atoms with Crippen LogP contribution in [0.4, 0.5) is 0 Å². The minimum atomic E-state index is -3.75. The smallest absolute Gasteiger partial charge is 0.252 e. The number of carbonyl (C=O) groups excluding carboxylic acids is 2. The number of likely N-dealkylation sites (N-methyl/N-ethyl adjacent to an activating group) is 1. The summed E-state index contributed by atoms with van der Waals surface area (Å²) in [4.78, 5) is 30.4. The van der Waals surface area contributed by atoms with Gasteiger partial charge in [-0.2, -0.15) is 4.31 Å². The standard InChI is InChI=1S/C17H25ClN4O5S2/c1-19(29(25,26)17-3-2-14(18)28-17)12-15(23)21-4-6-22(7-5-21)16(24)13-20-8-10-27-11-9-20/h2-3H,4-13H2,1H3. The van der Waals surface area contributed by atoms with Crippen LogP contribution in [0.2, 0.25) is 4.34 Å². The number of nitrogens with zero attached hydrogens (tertiary/aromatic N) is 4. The van der Waals surface area contributed by atoms with Gasteiger partial charge in [-0.15, -0.1) is 11.3 Å². The minimum absolute atomic E-state index is 0.0493. The molecule has 2 aliphatic rings. The molecule has 2 amide bonds. The number of hydrogen-bond acceptors (Lipinski definition) is 7. The predicted molar refractivity (Wildman–Crippen MR) is 110 cm³/mol. The van der Waals surface area contributed by atoms with E-state index in [2.05, 4.69) is 4.90 Å². The molecule has 0 radical (unpaired) electrons. The Balaban J connectivity index is 1.47. The Labute approximate surface area is 179 Å². The number of thiophene rings is 1. The molecule has 9 nitrogen and oxygen atoms in total. The number of halogens is 1. The summed E-state index contributed by atoms with van der Waals surface area (Å²) >= 11 is 6.78. The molecule has 2 aliphatic heterocycles. The van der Waals surface area contributed by atoms with Crippen molar-refractivity contribution < 1.29 is 22.7 Å². The Morgan fingerprint density at radius 3 is 2.21 bits per heavy atom. The molecule has 0 saturated carbocycles. The van der Waals surface area contributed by atoms with Crippen molar-refractivity contribution in [2.75, 3.05) is 72.6 Å². The van der Waals surface area contributed by atoms with Gasteiger partial charge in [0, 0.05) is 46.3 Å². The molecular formula is C17H25ClN4O5S2. The lowest BCUT2D eigenvalue weighted by molar-refractivity contribution is -0.140. The van der Waals surface area contributed by atoms with Crippen LogP contribution in [0.1, 0.15) is 0 Å². The average molecular weight is 465 g/mol. The first-order chi connectivity index (χ1) is 13.8. The number of hydrogen-bond donors (Lipinski definition) is 0. The van der Waals surface area contributed by atoms with Gasteiger partial charge in [0.25, 0.3) is 10.0 Å². The molecule has 0 aliphatic carbocycles. The van der Waals surface area contributed by atoms with Crippen molar-refractivity contribution in [1.82, 2.24) is 19.0 Å². The first-order valence-corrected chi connectivity index (χ1v) is 12.0. The zero-order chi connectivity index (χ0) is 21.0. The van der Waals surface area contributed by atoms with Crippen LogP contribution in [0.25, 0.3) is 0 Å². The summed E-state index contributed by atoms with van der Waals surface area (Å²) in [6.07, 6.45) is 0. The van der Waals surface area contributed by atoms with E-state index in [0.717, 1.165) is 28.7 Å². The van der Waals surface area contributed by atoms with E-state index >= 15 is 0 Å². The number of sulfonamides is 1. The molecule has 1 aromatic heterocycles. The molecular weight excluding hydrogens is 440 g/mol. The summed E-state index contributed by atoms with van der Waals surface area (Å²) in [6.45, 7) is 4.59. The van der Waals surface area contributed by atoms with Crippen molar-refractivity contribution >= 4 is 44.8 Å². The number of ether oxygens (including phenoxy) is 1. The van der Waals surface area contributed by atoms with Crippen LogP contribution >= 0.6 is 22.9 Å². The maximum Gasteiger partial charge on any atom is 0.252 e. The van der Waals surface area contributed by atoms with E-state index in [4.69, 9.17) is 16.3 Å². The first kappa shape index (κ1) is 22.4. The Bertz CT molecular complexity index is 833. The molecule has 0 spiro atoms. The number of piperazine rings is 1. The summed E-state index contributed by atoms with van der Waals surface area (Å²) in [6, 6.07) is 2.95. The molecule has 0 aromatic carbocycles. The summed E-state index contributed by atoms with van der Waals surface area (Å²) < 4.78 is 31.9. The van der Waals surface area contributed by atoms with Gasteiger partial charge < -0.3 is 14.5 Å². The Morgan fingerprint density at radius 1 is 1.07 bits per heavy atom. The fourth-order valence-corrected chi connectivity index (χ4v) is 6.04. The molecule has 3 heterocycles. The Hall–Kier alpha value is -1.24. The van der Waals surface area contributed by atoms with Gasteiger partial charge >= 0.3 is 0 Å². The molecule has 29 heavy (non-hydrogen) atoms. The Kier molecular flexibility index (Phi) is 7.52. The lowest BCUT2D eigenvalue weighted by atomic mass is 10.3. The molecule has 0 unspecified atom stereocenters. The predicted octanol–water partition coefficient (Wildman–Crippen LogP) is 0.0250. The molecule has 2 fully saturated rings. The third-order valence-electron chi connectivity index (χ3n) is 5.02. The highest BCUT2D eigenvalue weighted by molar-refractivity contribution is 7.91. The van der Waals surface area contributed by atoms with E-state index in [9.17, 15) is 18.0 Å². The van der Waals surface area contributed by atoms with Crippen LogP contribution in [-0.2, 0) is 24.3 Å². The van der Waals surface area contributed by atoms with E-state index in [1.54, 1.807) is 9.80 Å². The van der Waals surface area contributed by atoms with Crippen LogP contribution in [0.5, 0.6) is 0 Å². The lowest BCUT2D eigenvalue weighted by Gasteiger charge is -2.36. The summed E-state index contributed by atoms with van der Waals surface area (Å²) in [5.41, 5.74) is 0. The highest BCUT2D eigenvalue weighted by atomic mass is 35.5. The number of carbonyl (C=O) groups is 2. The van der Waals surface area contributed by atoms with Crippen LogP contribution in [-0.4, -0.2) is 112 Å². The highest BCUT2D eigenvalue weighted by Crippen LogP contribution is 2.27.